The molecule has 1 aliphatic carbocycles. The van der Waals surface area contributed by atoms with E-state index in [1.54, 1.807) is 30.3 Å². The number of carboxylic acid groups (broad SMARTS) is 1. The molecule has 0 saturated heterocycles. The Morgan fingerprint density at radius 3 is 2.21 bits per heavy atom. The molecule has 2 aromatic rings. The van der Waals surface area contributed by atoms with Crippen LogP contribution in [-0.4, -0.2) is 40.6 Å². The monoisotopic (exact) mass is 621 g/mol. The van der Waals surface area contributed by atoms with Crippen LogP contribution in [0.4, 0.5) is 0 Å². The third kappa shape index (κ3) is 7.78. The van der Waals surface area contributed by atoms with Crippen molar-refractivity contribution in [2.24, 2.45) is 16.3 Å². The third-order valence-corrected chi connectivity index (χ3v) is 8.82. The summed E-state index contributed by atoms with van der Waals surface area (Å²) >= 11 is 12.7. The molecule has 0 bridgehead atoms. The first-order chi connectivity index (χ1) is 19.3. The Labute approximate surface area is 280 Å². The van der Waals surface area contributed by atoms with E-state index >= 15 is 0 Å². The molecule has 7 nitrogen and oxygen atoms in total. The standard InChI is InChI=1S/C32H39Cl2N3O4.Na/c1-5-6-26(20-7-9-21(10-8-20)29(40)35-16-13-27(38)39)37-30(41)28(22-17-24(33)19-25(34)18-22)36-32(37)14-11-23(12-15-32)31(2,3)4;/h7-10,17-19,23,26H,5-6,11-16H2,1-4H3,(H,35,40)(H,38,39);/q;+1/p-1/t23?,26-,32?;/m1./s1. The normalized spacial score (nSPS) is 21.1. The molecule has 0 unspecified atom stereocenters. The van der Waals surface area contributed by atoms with Crippen LogP contribution < -0.4 is 40.0 Å². The second kappa shape index (κ2) is 14.3. The Morgan fingerprint density at radius 1 is 1.10 bits per heavy atom. The Hall–Kier alpha value is -1.90. The molecule has 2 amide bonds. The van der Waals surface area contributed by atoms with E-state index in [9.17, 15) is 19.5 Å². The minimum Gasteiger partial charge on any atom is -0.550 e. The second-order valence-electron chi connectivity index (χ2n) is 12.2. The molecule has 1 saturated carbocycles. The van der Waals surface area contributed by atoms with E-state index in [0.29, 0.717) is 32.8 Å². The van der Waals surface area contributed by atoms with Gasteiger partial charge in [0, 0.05) is 40.1 Å². The average molecular weight is 623 g/mol. The number of carbonyl (C=O) groups excluding carboxylic acids is 3. The molecule has 1 aliphatic heterocycles. The number of benzene rings is 2. The van der Waals surface area contributed by atoms with Gasteiger partial charge in [0.1, 0.15) is 11.4 Å². The van der Waals surface area contributed by atoms with Gasteiger partial charge in [-0.25, -0.2) is 0 Å². The number of amides is 2. The van der Waals surface area contributed by atoms with Crippen molar-refractivity contribution in [3.8, 4) is 0 Å². The van der Waals surface area contributed by atoms with Crippen LogP contribution >= 0.6 is 23.2 Å². The smallest absolute Gasteiger partial charge is 0.550 e. The zero-order chi connectivity index (χ0) is 29.9. The number of carbonyl (C=O) groups is 3. The summed E-state index contributed by atoms with van der Waals surface area (Å²) < 4.78 is 0. The maximum Gasteiger partial charge on any atom is 1.00 e. The van der Waals surface area contributed by atoms with E-state index in [4.69, 9.17) is 28.2 Å². The molecule has 1 spiro atoms. The first kappa shape index (κ1) is 34.6. The summed E-state index contributed by atoms with van der Waals surface area (Å²) in [7, 11) is 0. The summed E-state index contributed by atoms with van der Waals surface area (Å²) in [5, 5.41) is 14.2. The van der Waals surface area contributed by atoms with Crippen molar-refractivity contribution in [1.29, 1.82) is 0 Å². The molecule has 1 atom stereocenters. The number of hydrogen-bond donors (Lipinski definition) is 1. The van der Waals surface area contributed by atoms with Crippen molar-refractivity contribution >= 4 is 46.7 Å². The molecule has 42 heavy (non-hydrogen) atoms. The Balaban J connectivity index is 0.00000484. The number of rotatable bonds is 9. The van der Waals surface area contributed by atoms with Gasteiger partial charge >= 0.3 is 29.6 Å². The molecule has 1 fully saturated rings. The number of hydrogen-bond acceptors (Lipinski definition) is 5. The topological polar surface area (TPSA) is 102 Å². The summed E-state index contributed by atoms with van der Waals surface area (Å²) in [6, 6.07) is 12.1. The third-order valence-electron chi connectivity index (χ3n) is 8.38. The van der Waals surface area contributed by atoms with Gasteiger partial charge in [0.2, 0.25) is 0 Å². The van der Waals surface area contributed by atoms with Crippen LogP contribution in [0.1, 0.15) is 100 Å². The van der Waals surface area contributed by atoms with Gasteiger partial charge in [-0.3, -0.25) is 14.6 Å². The van der Waals surface area contributed by atoms with Gasteiger partial charge in [0.25, 0.3) is 11.8 Å². The van der Waals surface area contributed by atoms with Crippen LogP contribution in [0.5, 0.6) is 0 Å². The Morgan fingerprint density at radius 2 is 1.69 bits per heavy atom. The SMILES string of the molecule is CCC[C@H](c1ccc(C(=O)NCCC(=O)[O-])cc1)N1C(=O)C(c2cc(Cl)cc(Cl)c2)=NC12CCC(C(C)(C)C)CC2.[Na+]. The number of nitrogens with one attached hydrogen (secondary N) is 1. The van der Waals surface area contributed by atoms with Crippen LogP contribution in [-0.2, 0) is 9.59 Å². The van der Waals surface area contributed by atoms with Gasteiger partial charge in [0.05, 0.1) is 6.04 Å². The molecule has 1 heterocycles. The van der Waals surface area contributed by atoms with Crippen LogP contribution in [0.3, 0.4) is 0 Å². The van der Waals surface area contributed by atoms with Crippen molar-refractivity contribution in [1.82, 2.24) is 10.2 Å². The van der Waals surface area contributed by atoms with Crippen molar-refractivity contribution in [3.63, 3.8) is 0 Å². The van der Waals surface area contributed by atoms with E-state index in [1.165, 1.54) is 0 Å². The molecule has 0 radical (unpaired) electrons. The molecule has 2 aromatic carbocycles. The van der Waals surface area contributed by atoms with Gasteiger partial charge in [-0.2, -0.15) is 0 Å². The minimum atomic E-state index is -1.22. The summed E-state index contributed by atoms with van der Waals surface area (Å²) in [5.41, 5.74) is 1.83. The minimum absolute atomic E-state index is 0. The predicted molar refractivity (Wildman–Crippen MR) is 160 cm³/mol. The van der Waals surface area contributed by atoms with Gasteiger partial charge < -0.3 is 20.1 Å². The summed E-state index contributed by atoms with van der Waals surface area (Å²) in [5.74, 6) is -1.18. The molecule has 0 aromatic heterocycles. The van der Waals surface area contributed by atoms with Crippen LogP contribution in [0.15, 0.2) is 47.5 Å². The van der Waals surface area contributed by atoms with Crippen molar-refractivity contribution < 1.29 is 49.0 Å². The zero-order valence-electron chi connectivity index (χ0n) is 25.1. The molecule has 4 rings (SSSR count). The van der Waals surface area contributed by atoms with Crippen LogP contribution in [0.2, 0.25) is 10.0 Å². The Bertz CT molecular complexity index is 1310. The largest absolute Gasteiger partial charge is 1.00 e. The Kier molecular flexibility index (Phi) is 11.7. The quantitative estimate of drug-likeness (QED) is 0.435. The maximum absolute atomic E-state index is 14.3. The van der Waals surface area contributed by atoms with Gasteiger partial charge in [-0.1, -0.05) is 69.5 Å². The number of nitrogens with zero attached hydrogens (tertiary/aromatic N) is 2. The molecule has 10 heteroatoms. The molecular formula is C32H38Cl2N3NaO4. The van der Waals surface area contributed by atoms with Crippen LogP contribution in [0.25, 0.3) is 0 Å². The fourth-order valence-corrected chi connectivity index (χ4v) is 6.70. The van der Waals surface area contributed by atoms with Crippen molar-refractivity contribution in [2.45, 2.75) is 84.3 Å². The van der Waals surface area contributed by atoms with Gasteiger partial charge in [-0.15, -0.1) is 0 Å². The predicted octanol–water partition coefficient (Wildman–Crippen LogP) is 2.97. The zero-order valence-corrected chi connectivity index (χ0v) is 28.6. The van der Waals surface area contributed by atoms with Crippen molar-refractivity contribution in [2.75, 3.05) is 6.54 Å². The van der Waals surface area contributed by atoms with Gasteiger partial charge in [0.15, 0.2) is 0 Å². The maximum atomic E-state index is 14.3. The molecule has 2 aliphatic rings. The average Bonchev–Trinajstić information content (AvgIpc) is 3.17. The molecule has 220 valence electrons. The number of aliphatic imine (C=N–C) groups is 1. The molecule has 1 N–H and O–H groups in total. The van der Waals surface area contributed by atoms with E-state index in [-0.39, 0.29) is 65.8 Å². The van der Waals surface area contributed by atoms with E-state index < -0.39 is 11.6 Å². The van der Waals surface area contributed by atoms with Gasteiger partial charge in [-0.05, 0) is 79.3 Å². The summed E-state index contributed by atoms with van der Waals surface area (Å²) in [4.78, 5) is 44.7. The fraction of sp³-hybridized carbons (Fsp3) is 0.500. The second-order valence-corrected chi connectivity index (χ2v) is 13.1. The fourth-order valence-electron chi connectivity index (χ4n) is 6.18. The van der Waals surface area contributed by atoms with E-state index in [0.717, 1.165) is 44.1 Å². The number of carboxylic acids is 1. The van der Waals surface area contributed by atoms with E-state index in [2.05, 4.69) is 33.0 Å². The first-order valence-electron chi connectivity index (χ1n) is 14.3. The first-order valence-corrected chi connectivity index (χ1v) is 15.1. The number of halogens is 2. The summed E-state index contributed by atoms with van der Waals surface area (Å²) in [6.45, 7) is 8.90. The molecular weight excluding hydrogens is 584 g/mol. The number of aliphatic carboxylic acids is 1. The van der Waals surface area contributed by atoms with Crippen molar-refractivity contribution in [3.05, 3.63) is 69.2 Å². The van der Waals surface area contributed by atoms with Crippen LogP contribution in [0, 0.1) is 11.3 Å². The summed E-state index contributed by atoms with van der Waals surface area (Å²) in [6.07, 6.45) is 4.77. The van der Waals surface area contributed by atoms with E-state index in [1.807, 2.05) is 17.0 Å².